The fourth-order valence-electron chi connectivity index (χ4n) is 3.30. The summed E-state index contributed by atoms with van der Waals surface area (Å²) in [5.74, 6) is 0.959. The fraction of sp³-hybridized carbons (Fsp3) is 1.00. The fourth-order valence-corrected chi connectivity index (χ4v) is 3.30. The average molecular weight is 224 g/mol. The maximum Gasteiger partial charge on any atom is 0.0456 e. The van der Waals surface area contributed by atoms with Gasteiger partial charge in [-0.15, -0.1) is 0 Å². The molecule has 2 nitrogen and oxygen atoms in total. The minimum Gasteiger partial charge on any atom is -0.304 e. The molecule has 0 aromatic carbocycles. The van der Waals surface area contributed by atoms with Gasteiger partial charge in [0, 0.05) is 12.7 Å². The molecule has 1 aliphatic carbocycles. The van der Waals surface area contributed by atoms with Crippen molar-refractivity contribution >= 4 is 0 Å². The molecule has 0 radical (unpaired) electrons. The summed E-state index contributed by atoms with van der Waals surface area (Å²) in [7, 11) is 0. The normalized spacial score (nSPS) is 31.1. The van der Waals surface area contributed by atoms with E-state index in [-0.39, 0.29) is 0 Å². The Bertz CT molecular complexity index is 146. The van der Waals surface area contributed by atoms with Crippen LogP contribution < -0.4 is 10.6 Å². The predicted molar refractivity (Wildman–Crippen MR) is 69.5 cm³/mol. The lowest BCUT2D eigenvalue weighted by Crippen LogP contribution is -2.43. The highest BCUT2D eigenvalue weighted by Crippen LogP contribution is 2.27. The Balaban J connectivity index is 1.81. The van der Waals surface area contributed by atoms with Gasteiger partial charge in [0.05, 0.1) is 0 Å². The van der Waals surface area contributed by atoms with E-state index in [4.69, 9.17) is 0 Å². The van der Waals surface area contributed by atoms with E-state index in [1.165, 1.54) is 70.8 Å². The van der Waals surface area contributed by atoms with Gasteiger partial charge in [0.1, 0.15) is 0 Å². The molecule has 2 aliphatic rings. The molecule has 94 valence electrons. The lowest BCUT2D eigenvalue weighted by molar-refractivity contribution is 0.255. The summed E-state index contributed by atoms with van der Waals surface area (Å²) in [5, 5.41) is 7.20. The zero-order valence-electron chi connectivity index (χ0n) is 10.6. The lowest BCUT2D eigenvalue weighted by atomic mass is 9.83. The second kappa shape index (κ2) is 7.29. The molecule has 1 heterocycles. The van der Waals surface area contributed by atoms with Crippen molar-refractivity contribution in [3.63, 3.8) is 0 Å². The van der Waals surface area contributed by atoms with Crippen LogP contribution in [-0.2, 0) is 0 Å². The predicted octanol–water partition coefficient (Wildman–Crippen LogP) is 3.04. The van der Waals surface area contributed by atoms with Crippen molar-refractivity contribution < 1.29 is 0 Å². The van der Waals surface area contributed by atoms with Crippen LogP contribution >= 0.6 is 0 Å². The molecule has 2 rings (SSSR count). The second-order valence-corrected chi connectivity index (χ2v) is 5.59. The van der Waals surface area contributed by atoms with Crippen molar-refractivity contribution in [2.45, 2.75) is 70.3 Å². The zero-order valence-corrected chi connectivity index (χ0v) is 10.6. The summed E-state index contributed by atoms with van der Waals surface area (Å²) >= 11 is 0. The number of rotatable bonds is 1. The first-order valence-corrected chi connectivity index (χ1v) is 7.41. The first-order chi connectivity index (χ1) is 7.97. The van der Waals surface area contributed by atoms with Crippen LogP contribution in [0.25, 0.3) is 0 Å². The van der Waals surface area contributed by atoms with E-state index in [1.807, 2.05) is 0 Å². The van der Waals surface area contributed by atoms with Gasteiger partial charge in [0.25, 0.3) is 0 Å². The monoisotopic (exact) mass is 224 g/mol. The summed E-state index contributed by atoms with van der Waals surface area (Å²) in [6, 6.07) is 0.797. The van der Waals surface area contributed by atoms with E-state index < -0.39 is 0 Å². The van der Waals surface area contributed by atoms with Crippen molar-refractivity contribution in [2.75, 3.05) is 13.2 Å². The SMILES string of the molecule is C1CCCC(C2CCCCNCN2)CCC1. The van der Waals surface area contributed by atoms with E-state index in [9.17, 15) is 0 Å². The highest BCUT2D eigenvalue weighted by molar-refractivity contribution is 4.79. The van der Waals surface area contributed by atoms with Crippen molar-refractivity contribution in [3.05, 3.63) is 0 Å². The van der Waals surface area contributed by atoms with Crippen LogP contribution in [0, 0.1) is 5.92 Å². The van der Waals surface area contributed by atoms with Gasteiger partial charge in [-0.1, -0.05) is 38.5 Å². The molecular formula is C14H28N2. The van der Waals surface area contributed by atoms with Crippen LogP contribution in [-0.4, -0.2) is 19.3 Å². The number of nitrogens with one attached hydrogen (secondary N) is 2. The third kappa shape index (κ3) is 4.06. The number of hydrogen-bond acceptors (Lipinski definition) is 2. The minimum absolute atomic E-state index is 0.797. The molecule has 2 N–H and O–H groups in total. The molecule has 2 fully saturated rings. The molecule has 1 saturated carbocycles. The van der Waals surface area contributed by atoms with Crippen molar-refractivity contribution in [3.8, 4) is 0 Å². The lowest BCUT2D eigenvalue weighted by Gasteiger charge is -2.31. The van der Waals surface area contributed by atoms with E-state index in [1.54, 1.807) is 0 Å². The Morgan fingerprint density at radius 2 is 1.38 bits per heavy atom. The Morgan fingerprint density at radius 1 is 0.688 bits per heavy atom. The van der Waals surface area contributed by atoms with Crippen LogP contribution in [0.2, 0.25) is 0 Å². The molecule has 1 saturated heterocycles. The minimum atomic E-state index is 0.797. The molecule has 0 bridgehead atoms. The van der Waals surface area contributed by atoms with Gasteiger partial charge in [0.2, 0.25) is 0 Å². The maximum atomic E-state index is 3.73. The zero-order chi connectivity index (χ0) is 11.1. The van der Waals surface area contributed by atoms with Crippen molar-refractivity contribution in [2.24, 2.45) is 5.92 Å². The average Bonchev–Trinajstić information content (AvgIpc) is 2.18. The molecular weight excluding hydrogens is 196 g/mol. The molecule has 0 aromatic rings. The van der Waals surface area contributed by atoms with Crippen LogP contribution in [0.4, 0.5) is 0 Å². The second-order valence-electron chi connectivity index (χ2n) is 5.59. The summed E-state index contributed by atoms with van der Waals surface area (Å²) in [4.78, 5) is 0. The van der Waals surface area contributed by atoms with E-state index in [0.717, 1.165) is 18.6 Å². The van der Waals surface area contributed by atoms with E-state index in [0.29, 0.717) is 0 Å². The summed E-state index contributed by atoms with van der Waals surface area (Å²) in [6.45, 7) is 2.23. The van der Waals surface area contributed by atoms with Crippen LogP contribution in [0.3, 0.4) is 0 Å². The van der Waals surface area contributed by atoms with Gasteiger partial charge in [-0.25, -0.2) is 0 Å². The Morgan fingerprint density at radius 3 is 2.19 bits per heavy atom. The third-order valence-electron chi connectivity index (χ3n) is 4.33. The highest BCUT2D eigenvalue weighted by Gasteiger charge is 2.21. The van der Waals surface area contributed by atoms with Gasteiger partial charge in [-0.3, -0.25) is 0 Å². The molecule has 0 amide bonds. The molecule has 1 atom stereocenters. The van der Waals surface area contributed by atoms with E-state index in [2.05, 4.69) is 10.6 Å². The summed E-state index contributed by atoms with van der Waals surface area (Å²) in [5.41, 5.74) is 0. The third-order valence-corrected chi connectivity index (χ3v) is 4.33. The van der Waals surface area contributed by atoms with E-state index >= 15 is 0 Å². The van der Waals surface area contributed by atoms with Crippen LogP contribution in [0.1, 0.15) is 64.2 Å². The molecule has 0 aromatic heterocycles. The van der Waals surface area contributed by atoms with Crippen molar-refractivity contribution in [1.29, 1.82) is 0 Å². The van der Waals surface area contributed by atoms with Crippen LogP contribution in [0.5, 0.6) is 0 Å². The smallest absolute Gasteiger partial charge is 0.0456 e. The molecule has 1 aliphatic heterocycles. The van der Waals surface area contributed by atoms with Gasteiger partial charge in [0.15, 0.2) is 0 Å². The van der Waals surface area contributed by atoms with Crippen molar-refractivity contribution in [1.82, 2.24) is 10.6 Å². The van der Waals surface area contributed by atoms with Gasteiger partial charge in [-0.05, 0) is 38.1 Å². The maximum absolute atomic E-state index is 3.73. The quantitative estimate of drug-likeness (QED) is 0.715. The molecule has 16 heavy (non-hydrogen) atoms. The molecule has 1 unspecified atom stereocenters. The number of hydrogen-bond donors (Lipinski definition) is 2. The van der Waals surface area contributed by atoms with Gasteiger partial charge in [-0.2, -0.15) is 0 Å². The Kier molecular flexibility index (Phi) is 5.64. The largest absolute Gasteiger partial charge is 0.304 e. The molecule has 2 heteroatoms. The summed E-state index contributed by atoms with van der Waals surface area (Å²) in [6.07, 6.45) is 14.5. The topological polar surface area (TPSA) is 24.1 Å². The van der Waals surface area contributed by atoms with Crippen LogP contribution in [0.15, 0.2) is 0 Å². The molecule has 0 spiro atoms. The summed E-state index contributed by atoms with van der Waals surface area (Å²) < 4.78 is 0. The van der Waals surface area contributed by atoms with Gasteiger partial charge < -0.3 is 10.6 Å². The first-order valence-electron chi connectivity index (χ1n) is 7.41. The van der Waals surface area contributed by atoms with Gasteiger partial charge >= 0.3 is 0 Å². The highest BCUT2D eigenvalue weighted by atomic mass is 15.1. The first kappa shape index (κ1) is 12.4. The Labute approximate surface area is 101 Å². The Hall–Kier alpha value is -0.0800. The standard InChI is InChI=1S/C14H28N2/c1-2-4-8-13(9-5-3-1)14-10-6-7-11-15-12-16-14/h13-16H,1-12H2.